The molecular formula is C44H42Si2. The van der Waals surface area contributed by atoms with E-state index in [1.54, 1.807) is 0 Å². The van der Waals surface area contributed by atoms with Gasteiger partial charge in [-0.2, -0.15) is 0 Å². The van der Waals surface area contributed by atoms with E-state index in [-0.39, 0.29) is 0 Å². The maximum atomic E-state index is 2.36. The molecule has 0 aromatic heterocycles. The van der Waals surface area contributed by atoms with E-state index >= 15 is 0 Å². The Morgan fingerprint density at radius 2 is 0.435 bits per heavy atom. The van der Waals surface area contributed by atoms with Crippen LogP contribution in [0.5, 0.6) is 0 Å². The van der Waals surface area contributed by atoms with Crippen LogP contribution in [0.2, 0.25) is 0 Å². The summed E-state index contributed by atoms with van der Waals surface area (Å²) in [5.74, 6) is 0. The summed E-state index contributed by atoms with van der Waals surface area (Å²) >= 11 is 0. The van der Waals surface area contributed by atoms with E-state index in [0.717, 1.165) is 0 Å². The molecule has 0 heterocycles. The van der Waals surface area contributed by atoms with Crippen LogP contribution in [0, 0.1) is 55.4 Å². The number of hydrogen-bond donors (Lipinski definition) is 0. The molecule has 0 saturated carbocycles. The summed E-state index contributed by atoms with van der Waals surface area (Å²) in [6.45, 7) is 18.1. The fourth-order valence-corrected chi connectivity index (χ4v) is 11.3. The van der Waals surface area contributed by atoms with Crippen molar-refractivity contribution in [2.45, 2.75) is 55.4 Å². The van der Waals surface area contributed by atoms with Crippen molar-refractivity contribution in [3.63, 3.8) is 0 Å². The Morgan fingerprint density at radius 1 is 0.261 bits per heavy atom. The van der Waals surface area contributed by atoms with Crippen molar-refractivity contribution < 1.29 is 0 Å². The van der Waals surface area contributed by atoms with Gasteiger partial charge in [0.15, 0.2) is 0 Å². The molecule has 0 nitrogen and oxygen atoms in total. The van der Waals surface area contributed by atoms with Crippen LogP contribution >= 0.6 is 0 Å². The molecule has 0 aliphatic carbocycles. The zero-order chi connectivity index (χ0) is 32.5. The van der Waals surface area contributed by atoms with Crippen LogP contribution in [-0.4, -0.2) is 16.8 Å². The third-order valence-electron chi connectivity index (χ3n) is 9.44. The molecule has 2 heteroatoms. The number of aryl methyl sites for hydroxylation is 8. The quantitative estimate of drug-likeness (QED) is 0.171. The van der Waals surface area contributed by atoms with Crippen molar-refractivity contribution in [1.82, 2.24) is 0 Å². The summed E-state index contributed by atoms with van der Waals surface area (Å²) in [6, 6.07) is 40.8. The summed E-state index contributed by atoms with van der Waals surface area (Å²) in [5, 5.41) is 2.94. The van der Waals surface area contributed by atoms with E-state index in [2.05, 4.69) is 165 Å². The van der Waals surface area contributed by atoms with E-state index in [4.69, 9.17) is 0 Å². The molecule has 6 aromatic rings. The predicted octanol–water partition coefficient (Wildman–Crippen LogP) is 10.1. The zero-order valence-electron chi connectivity index (χ0n) is 28.4. The first kappa shape index (κ1) is 31.7. The van der Waals surface area contributed by atoms with Crippen molar-refractivity contribution in [3.8, 4) is 44.5 Å². The zero-order valence-corrected chi connectivity index (χ0v) is 30.4. The molecule has 0 bridgehead atoms. The lowest BCUT2D eigenvalue weighted by atomic mass is 9.90. The van der Waals surface area contributed by atoms with Gasteiger partial charge in [-0.05, 0) is 161 Å². The minimum atomic E-state index is 0.614. The maximum absolute atomic E-state index is 2.36. The molecular weight excluding hydrogens is 585 g/mol. The fraction of sp³-hybridized carbons (Fsp3) is 0.182. The standard InChI is InChI=1S/C44H42Si2/c1-27-15-9-16-28(2)39(27)35-23-13-24-36(40-29(3)17-10-18-30(40)4)43(35)45-46-44-37(41-31(5)19-11-20-32(41)6)25-14-26-38(44)42-33(7)21-12-22-34(42)8/h9-26H,1-8H3. The van der Waals surface area contributed by atoms with E-state index in [1.165, 1.54) is 99.4 Å². The van der Waals surface area contributed by atoms with Gasteiger partial charge in [-0.15, -0.1) is 0 Å². The largest absolute Gasteiger partial charge is 0.0617 e. The van der Waals surface area contributed by atoms with Gasteiger partial charge in [0.1, 0.15) is 0 Å². The molecule has 0 saturated heterocycles. The van der Waals surface area contributed by atoms with Crippen LogP contribution in [0.1, 0.15) is 44.5 Å². The monoisotopic (exact) mass is 626 g/mol. The third-order valence-corrected chi connectivity index (χ3v) is 13.0. The Hall–Kier alpha value is -4.25. The van der Waals surface area contributed by atoms with Crippen molar-refractivity contribution in [2.24, 2.45) is 0 Å². The molecule has 46 heavy (non-hydrogen) atoms. The summed E-state index contributed by atoms with van der Waals surface area (Å²) in [5.41, 5.74) is 21.7. The van der Waals surface area contributed by atoms with Crippen molar-refractivity contribution in [2.75, 3.05) is 0 Å². The summed E-state index contributed by atoms with van der Waals surface area (Å²) in [6.07, 6.45) is 0. The van der Waals surface area contributed by atoms with Crippen LogP contribution in [0.3, 0.4) is 0 Å². The second-order valence-corrected chi connectivity index (χ2v) is 15.8. The SMILES string of the molecule is Cc1cccc(C)c1-c1cccc(-c2c(C)cccc2C)c1[Si]#[Si]c1c(-c2c(C)cccc2C)cccc1-c1c(C)cccc1C. The molecule has 0 aliphatic rings. The molecule has 0 spiro atoms. The highest BCUT2D eigenvalue weighted by atomic mass is 28.7. The maximum Gasteiger partial charge on any atom is 0.00626 e. The Morgan fingerprint density at radius 3 is 0.630 bits per heavy atom. The van der Waals surface area contributed by atoms with E-state index in [9.17, 15) is 0 Å². The third kappa shape index (κ3) is 5.88. The lowest BCUT2D eigenvalue weighted by molar-refractivity contribution is 1.37. The molecule has 0 unspecified atom stereocenters. The Labute approximate surface area is 279 Å². The van der Waals surface area contributed by atoms with Crippen LogP contribution in [0.15, 0.2) is 109 Å². The average Bonchev–Trinajstić information content (AvgIpc) is 3.01. The molecule has 6 aromatic carbocycles. The van der Waals surface area contributed by atoms with Gasteiger partial charge in [0.2, 0.25) is 0 Å². The van der Waals surface area contributed by atoms with E-state index in [1.807, 2.05) is 0 Å². The van der Waals surface area contributed by atoms with Gasteiger partial charge in [-0.3, -0.25) is 0 Å². The second kappa shape index (κ2) is 13.2. The number of benzene rings is 6. The highest BCUT2D eigenvalue weighted by Gasteiger charge is 2.18. The highest BCUT2D eigenvalue weighted by Crippen LogP contribution is 2.33. The lowest BCUT2D eigenvalue weighted by Gasteiger charge is -2.19. The predicted molar refractivity (Wildman–Crippen MR) is 203 cm³/mol. The summed E-state index contributed by atoms with van der Waals surface area (Å²) in [7, 11) is 1.23. The van der Waals surface area contributed by atoms with Gasteiger partial charge < -0.3 is 0 Å². The second-order valence-electron chi connectivity index (χ2n) is 12.8. The average molecular weight is 627 g/mol. The van der Waals surface area contributed by atoms with Crippen molar-refractivity contribution in [1.29, 1.82) is 0 Å². The Balaban J connectivity index is 1.74. The number of rotatable bonds is 4. The number of hydrogen-bond acceptors (Lipinski definition) is 0. The molecule has 226 valence electrons. The fourth-order valence-electron chi connectivity index (χ4n) is 7.29. The van der Waals surface area contributed by atoms with Gasteiger partial charge in [-0.25, -0.2) is 0 Å². The van der Waals surface area contributed by atoms with E-state index in [0.29, 0.717) is 16.8 Å². The first-order valence-corrected chi connectivity index (χ1v) is 19.2. The molecule has 0 aliphatic heterocycles. The first-order valence-electron chi connectivity index (χ1n) is 16.2. The van der Waals surface area contributed by atoms with Crippen LogP contribution < -0.4 is 10.4 Å². The first-order chi connectivity index (χ1) is 22.2. The Bertz CT molecular complexity index is 1810. The molecule has 0 N–H and O–H groups in total. The highest BCUT2D eigenvalue weighted by molar-refractivity contribution is 6.80. The molecule has 0 atom stereocenters. The van der Waals surface area contributed by atoms with Gasteiger partial charge in [-0.1, -0.05) is 109 Å². The smallest absolute Gasteiger partial charge is 0.00626 e. The Kier molecular flexibility index (Phi) is 9.13. The van der Waals surface area contributed by atoms with Crippen LogP contribution in [0.25, 0.3) is 44.5 Å². The van der Waals surface area contributed by atoms with Gasteiger partial charge in [0.05, 0.1) is 0 Å². The van der Waals surface area contributed by atoms with Crippen molar-refractivity contribution >= 4 is 27.2 Å². The van der Waals surface area contributed by atoms with Crippen LogP contribution in [0.4, 0.5) is 0 Å². The van der Waals surface area contributed by atoms with Crippen molar-refractivity contribution in [3.05, 3.63) is 154 Å². The molecule has 0 amide bonds. The van der Waals surface area contributed by atoms with Crippen LogP contribution in [-0.2, 0) is 0 Å². The lowest BCUT2D eigenvalue weighted by Crippen LogP contribution is -2.22. The summed E-state index contributed by atoms with van der Waals surface area (Å²) in [4.78, 5) is 0. The topological polar surface area (TPSA) is 0 Å². The molecule has 6 rings (SSSR count). The molecule has 0 radical (unpaired) electrons. The molecule has 0 fully saturated rings. The van der Waals surface area contributed by atoms with Gasteiger partial charge >= 0.3 is 0 Å². The minimum Gasteiger partial charge on any atom is -0.0617 e. The van der Waals surface area contributed by atoms with Gasteiger partial charge in [0.25, 0.3) is 0 Å². The van der Waals surface area contributed by atoms with E-state index < -0.39 is 0 Å². The summed E-state index contributed by atoms with van der Waals surface area (Å²) < 4.78 is 0. The normalized spacial score (nSPS) is 10.9. The minimum absolute atomic E-state index is 0.614. The van der Waals surface area contributed by atoms with Gasteiger partial charge in [0, 0.05) is 10.4 Å².